The Kier molecular flexibility index (Phi) is 2.06. The van der Waals surface area contributed by atoms with Crippen LogP contribution in [-0.2, 0) is 9.53 Å². The maximum atomic E-state index is 12.8. The molecule has 0 N–H and O–H groups in total. The average Bonchev–Trinajstić information content (AvgIpc) is 2.83. The summed E-state index contributed by atoms with van der Waals surface area (Å²) in [4.78, 5) is 14.9. The molecule has 4 aliphatic rings. The Morgan fingerprint density at radius 1 is 1.15 bits per heavy atom. The number of carbonyl (C=O) groups excluding carboxylic acids is 1. The molecule has 3 unspecified atom stereocenters. The predicted octanol–water partition coefficient (Wildman–Crippen LogP) is 2.73. The molecular weight excluding hydrogens is 250 g/mol. The highest BCUT2D eigenvalue weighted by atomic mass is 16.5. The van der Waals surface area contributed by atoms with Crippen molar-refractivity contribution in [1.29, 1.82) is 0 Å². The lowest BCUT2D eigenvalue weighted by molar-refractivity contribution is -0.137. The molecule has 1 aromatic rings. The molecule has 1 spiro atoms. The summed E-state index contributed by atoms with van der Waals surface area (Å²) in [7, 11) is 0. The monoisotopic (exact) mass is 269 g/mol. The van der Waals surface area contributed by atoms with E-state index in [0.717, 1.165) is 18.6 Å². The molecule has 1 aromatic carbocycles. The van der Waals surface area contributed by atoms with Gasteiger partial charge in [0.25, 0.3) is 0 Å². The fourth-order valence-corrected chi connectivity index (χ4v) is 4.80. The third-order valence-electron chi connectivity index (χ3n) is 5.98. The van der Waals surface area contributed by atoms with Crippen molar-refractivity contribution in [3.05, 3.63) is 35.9 Å². The van der Waals surface area contributed by atoms with Crippen LogP contribution in [0.3, 0.4) is 0 Å². The molecule has 4 atom stereocenters. The normalized spacial score (nSPS) is 40.2. The number of fused-ring (bicyclic) bond motifs is 3. The third-order valence-corrected chi connectivity index (χ3v) is 5.98. The molecule has 4 fully saturated rings. The van der Waals surface area contributed by atoms with Crippen LogP contribution >= 0.6 is 0 Å². The minimum atomic E-state index is -0.144. The molecule has 2 aliphatic heterocycles. The molecular formula is C17H19NO2. The molecule has 0 radical (unpaired) electrons. The second kappa shape index (κ2) is 3.64. The van der Waals surface area contributed by atoms with E-state index in [9.17, 15) is 4.79 Å². The lowest BCUT2D eigenvalue weighted by atomic mass is 9.94. The number of amides is 1. The molecule has 0 aromatic heterocycles. The lowest BCUT2D eigenvalue weighted by Gasteiger charge is -2.25. The summed E-state index contributed by atoms with van der Waals surface area (Å²) in [6.07, 6.45) is 4.96. The van der Waals surface area contributed by atoms with Gasteiger partial charge in [-0.3, -0.25) is 4.79 Å². The summed E-state index contributed by atoms with van der Waals surface area (Å²) in [5.41, 5.74) is 1.67. The summed E-state index contributed by atoms with van der Waals surface area (Å²) in [6.45, 7) is 0.725. The highest BCUT2D eigenvalue weighted by Gasteiger charge is 2.63. The summed E-state index contributed by atoms with van der Waals surface area (Å²) >= 11 is 0. The van der Waals surface area contributed by atoms with Crippen LogP contribution in [0.4, 0.5) is 0 Å². The van der Waals surface area contributed by atoms with Crippen LogP contribution in [0, 0.1) is 17.3 Å². The van der Waals surface area contributed by atoms with Crippen molar-refractivity contribution in [2.75, 3.05) is 6.61 Å². The maximum absolute atomic E-state index is 12.8. The SMILES string of the molecule is O=C1C2CC3(CC3)C[C@@H]2C2COC(c3ccccc3)N12. The number of ether oxygens (including phenoxy) is 1. The van der Waals surface area contributed by atoms with E-state index in [-0.39, 0.29) is 12.1 Å². The maximum Gasteiger partial charge on any atom is 0.228 e. The number of rotatable bonds is 1. The minimum Gasteiger partial charge on any atom is -0.352 e. The molecule has 5 rings (SSSR count). The number of hydrogen-bond donors (Lipinski definition) is 0. The summed E-state index contributed by atoms with van der Waals surface area (Å²) in [5.74, 6) is 1.20. The van der Waals surface area contributed by atoms with Crippen LogP contribution in [0.2, 0.25) is 0 Å². The lowest BCUT2D eigenvalue weighted by Crippen LogP contribution is -2.34. The van der Waals surface area contributed by atoms with E-state index in [2.05, 4.69) is 17.0 Å². The van der Waals surface area contributed by atoms with E-state index in [1.54, 1.807) is 0 Å². The van der Waals surface area contributed by atoms with Crippen molar-refractivity contribution in [3.8, 4) is 0 Å². The van der Waals surface area contributed by atoms with E-state index < -0.39 is 0 Å². The highest BCUT2D eigenvalue weighted by Crippen LogP contribution is 2.65. The second-order valence-corrected chi connectivity index (χ2v) is 7.09. The van der Waals surface area contributed by atoms with Gasteiger partial charge < -0.3 is 9.64 Å². The van der Waals surface area contributed by atoms with Crippen LogP contribution < -0.4 is 0 Å². The first kappa shape index (κ1) is 11.3. The van der Waals surface area contributed by atoms with Crippen LogP contribution in [0.25, 0.3) is 0 Å². The van der Waals surface area contributed by atoms with E-state index in [1.807, 2.05) is 18.2 Å². The van der Waals surface area contributed by atoms with Crippen molar-refractivity contribution in [3.63, 3.8) is 0 Å². The van der Waals surface area contributed by atoms with Gasteiger partial charge in [-0.2, -0.15) is 0 Å². The molecule has 0 bridgehead atoms. The van der Waals surface area contributed by atoms with Crippen LogP contribution in [0.1, 0.15) is 37.5 Å². The zero-order valence-corrected chi connectivity index (χ0v) is 11.5. The molecule has 2 saturated heterocycles. The molecule has 3 heteroatoms. The first-order chi connectivity index (χ1) is 9.77. The molecule has 104 valence electrons. The fourth-order valence-electron chi connectivity index (χ4n) is 4.80. The summed E-state index contributed by atoms with van der Waals surface area (Å²) in [6, 6.07) is 10.5. The Bertz CT molecular complexity index is 566. The van der Waals surface area contributed by atoms with Crippen molar-refractivity contribution in [1.82, 2.24) is 4.90 Å². The quantitative estimate of drug-likeness (QED) is 0.784. The Balaban J connectivity index is 1.47. The molecule has 2 aliphatic carbocycles. The molecule has 1 amide bonds. The van der Waals surface area contributed by atoms with Crippen molar-refractivity contribution in [2.24, 2.45) is 17.3 Å². The van der Waals surface area contributed by atoms with E-state index in [1.165, 1.54) is 19.3 Å². The summed E-state index contributed by atoms with van der Waals surface area (Å²) in [5, 5.41) is 0. The zero-order chi connectivity index (χ0) is 13.3. The van der Waals surface area contributed by atoms with Gasteiger partial charge in [0.2, 0.25) is 5.91 Å². The van der Waals surface area contributed by atoms with Gasteiger partial charge in [0, 0.05) is 11.5 Å². The fraction of sp³-hybridized carbons (Fsp3) is 0.588. The molecule has 3 nitrogen and oxygen atoms in total. The smallest absolute Gasteiger partial charge is 0.228 e. The minimum absolute atomic E-state index is 0.144. The van der Waals surface area contributed by atoms with E-state index in [4.69, 9.17) is 4.74 Å². The number of hydrogen-bond acceptors (Lipinski definition) is 2. The van der Waals surface area contributed by atoms with Crippen molar-refractivity contribution < 1.29 is 9.53 Å². The first-order valence-corrected chi connectivity index (χ1v) is 7.76. The summed E-state index contributed by atoms with van der Waals surface area (Å²) < 4.78 is 5.98. The van der Waals surface area contributed by atoms with Gasteiger partial charge in [0.1, 0.15) is 0 Å². The van der Waals surface area contributed by atoms with Gasteiger partial charge in [0.15, 0.2) is 6.23 Å². The number of carbonyl (C=O) groups is 1. The Hall–Kier alpha value is -1.35. The van der Waals surface area contributed by atoms with Crippen molar-refractivity contribution >= 4 is 5.91 Å². The Morgan fingerprint density at radius 3 is 2.70 bits per heavy atom. The van der Waals surface area contributed by atoms with Gasteiger partial charge in [-0.25, -0.2) is 0 Å². The second-order valence-electron chi connectivity index (χ2n) is 7.09. The van der Waals surface area contributed by atoms with Crippen molar-refractivity contribution in [2.45, 2.75) is 38.0 Å². The Morgan fingerprint density at radius 2 is 1.95 bits per heavy atom. The largest absolute Gasteiger partial charge is 0.352 e. The Labute approximate surface area is 118 Å². The first-order valence-electron chi connectivity index (χ1n) is 7.76. The highest BCUT2D eigenvalue weighted by molar-refractivity contribution is 5.83. The van der Waals surface area contributed by atoms with Gasteiger partial charge in [-0.15, -0.1) is 0 Å². The van der Waals surface area contributed by atoms with Gasteiger partial charge in [-0.1, -0.05) is 30.3 Å². The van der Waals surface area contributed by atoms with Crippen LogP contribution in [0.5, 0.6) is 0 Å². The topological polar surface area (TPSA) is 29.5 Å². The zero-order valence-electron chi connectivity index (χ0n) is 11.5. The van der Waals surface area contributed by atoms with E-state index >= 15 is 0 Å². The third kappa shape index (κ3) is 1.37. The van der Waals surface area contributed by atoms with E-state index in [0.29, 0.717) is 23.3 Å². The van der Waals surface area contributed by atoms with Gasteiger partial charge in [0.05, 0.1) is 12.6 Å². The number of nitrogens with zero attached hydrogens (tertiary/aromatic N) is 1. The van der Waals surface area contributed by atoms with Crippen LogP contribution in [-0.4, -0.2) is 23.5 Å². The molecule has 2 saturated carbocycles. The van der Waals surface area contributed by atoms with Crippen LogP contribution in [0.15, 0.2) is 30.3 Å². The number of benzene rings is 1. The predicted molar refractivity (Wildman–Crippen MR) is 73.7 cm³/mol. The average molecular weight is 269 g/mol. The molecule has 20 heavy (non-hydrogen) atoms. The van der Waals surface area contributed by atoms with Gasteiger partial charge in [-0.05, 0) is 37.0 Å². The molecule has 2 heterocycles. The van der Waals surface area contributed by atoms with Gasteiger partial charge >= 0.3 is 0 Å². The standard InChI is InChI=1S/C17H19NO2/c19-15-13-9-17(6-7-17)8-12(13)14-10-20-16(18(14)15)11-4-2-1-3-5-11/h1-5,12-14,16H,6-10H2/t12-,13?,14?,16?/m0/s1.